The van der Waals surface area contributed by atoms with Crippen molar-refractivity contribution in [2.24, 2.45) is 0 Å². The summed E-state index contributed by atoms with van der Waals surface area (Å²) in [6.07, 6.45) is 8.62. The fourth-order valence-corrected chi connectivity index (χ4v) is 2.03. The van der Waals surface area contributed by atoms with E-state index in [1.54, 1.807) is 0 Å². The predicted octanol–water partition coefficient (Wildman–Crippen LogP) is 2.88. The number of carbonyl (C=O) groups is 2. The molecule has 0 aliphatic carbocycles. The zero-order valence-electron chi connectivity index (χ0n) is 11.9. The Morgan fingerprint density at radius 1 is 1.16 bits per heavy atom. The predicted molar refractivity (Wildman–Crippen MR) is 80.0 cm³/mol. The fourth-order valence-electron chi connectivity index (χ4n) is 1.50. The topological polar surface area (TPSA) is 55.4 Å². The van der Waals surface area contributed by atoms with Crippen LogP contribution in [0.5, 0.6) is 0 Å². The summed E-state index contributed by atoms with van der Waals surface area (Å²) in [6, 6.07) is 0. The number of hydrogen-bond acceptors (Lipinski definition) is 4. The molecule has 0 aliphatic heterocycles. The number of hydrogen-bond donors (Lipinski definition) is 1. The van der Waals surface area contributed by atoms with Gasteiger partial charge in [-0.1, -0.05) is 50.8 Å². The average molecular weight is 287 g/mol. The monoisotopic (exact) mass is 287 g/mol. The summed E-state index contributed by atoms with van der Waals surface area (Å²) in [6.45, 7) is 2.96. The highest BCUT2D eigenvalue weighted by molar-refractivity contribution is 8.16. The van der Waals surface area contributed by atoms with E-state index in [-0.39, 0.29) is 17.6 Å². The molecule has 19 heavy (non-hydrogen) atoms. The van der Waals surface area contributed by atoms with E-state index in [1.807, 2.05) is 0 Å². The van der Waals surface area contributed by atoms with Crippen molar-refractivity contribution in [3.05, 3.63) is 11.5 Å². The summed E-state index contributed by atoms with van der Waals surface area (Å²) in [5.41, 5.74) is 0. The number of nitrogens with one attached hydrogen (secondary N) is 1. The smallest absolute Gasteiger partial charge is 0.244 e. The number of unbranched alkanes of at least 4 members (excludes halogenated alkanes) is 5. The van der Waals surface area contributed by atoms with Crippen LogP contribution in [-0.4, -0.2) is 31.3 Å². The highest BCUT2D eigenvalue weighted by Crippen LogP contribution is 2.05. The first-order chi connectivity index (χ1) is 9.20. The van der Waals surface area contributed by atoms with Gasteiger partial charge < -0.3 is 10.1 Å². The first-order valence-electron chi connectivity index (χ1n) is 6.83. The van der Waals surface area contributed by atoms with Gasteiger partial charge in [0.05, 0.1) is 0 Å². The van der Waals surface area contributed by atoms with E-state index in [0.29, 0.717) is 6.54 Å². The lowest BCUT2D eigenvalue weighted by molar-refractivity contribution is -0.116. The minimum atomic E-state index is -0.147. The Hall–Kier alpha value is -0.810. The number of rotatable bonds is 11. The molecule has 0 aromatic heterocycles. The van der Waals surface area contributed by atoms with Crippen LogP contribution in [0.2, 0.25) is 0 Å². The molecule has 0 fully saturated rings. The number of thioether (sulfide) groups is 1. The number of carbonyl (C=O) groups excluding carboxylic acids is 2. The summed E-state index contributed by atoms with van der Waals surface area (Å²) in [4.78, 5) is 22.4. The first kappa shape index (κ1) is 18.2. The summed E-state index contributed by atoms with van der Waals surface area (Å²) in [7, 11) is 1.47. The van der Waals surface area contributed by atoms with Gasteiger partial charge in [-0.2, -0.15) is 0 Å². The number of ether oxygens (including phenoxy) is 1. The number of amides is 1. The Labute approximate surface area is 120 Å². The van der Waals surface area contributed by atoms with Crippen molar-refractivity contribution in [3.8, 4) is 0 Å². The van der Waals surface area contributed by atoms with Crippen molar-refractivity contribution in [3.63, 3.8) is 0 Å². The van der Waals surface area contributed by atoms with Gasteiger partial charge in [0.1, 0.15) is 6.61 Å². The molecule has 0 saturated carbocycles. The highest BCUT2D eigenvalue weighted by Gasteiger charge is 1.99. The van der Waals surface area contributed by atoms with E-state index >= 15 is 0 Å². The Balaban J connectivity index is 3.43. The minimum Gasteiger partial charge on any atom is -0.376 e. The molecule has 0 spiro atoms. The van der Waals surface area contributed by atoms with Crippen LogP contribution in [0.15, 0.2) is 11.5 Å². The maximum atomic E-state index is 11.4. The quantitative estimate of drug-likeness (QED) is 0.469. The molecule has 1 N–H and O–H groups in total. The van der Waals surface area contributed by atoms with Crippen LogP contribution in [0.25, 0.3) is 0 Å². The Bertz CT molecular complexity index is 280. The van der Waals surface area contributed by atoms with E-state index < -0.39 is 0 Å². The summed E-state index contributed by atoms with van der Waals surface area (Å²) >= 11 is 0.977. The van der Waals surface area contributed by atoms with Crippen molar-refractivity contribution in [2.75, 3.05) is 20.3 Å². The van der Waals surface area contributed by atoms with Gasteiger partial charge in [-0.25, -0.2) is 0 Å². The van der Waals surface area contributed by atoms with Gasteiger partial charge in [-0.3, -0.25) is 9.59 Å². The summed E-state index contributed by atoms with van der Waals surface area (Å²) in [5.74, 6) is -0.147. The van der Waals surface area contributed by atoms with Gasteiger partial charge in [0.2, 0.25) is 11.0 Å². The fraction of sp³-hybridized carbons (Fsp3) is 0.714. The molecule has 0 bridgehead atoms. The van der Waals surface area contributed by atoms with Crippen LogP contribution in [-0.2, 0) is 14.3 Å². The van der Waals surface area contributed by atoms with E-state index in [4.69, 9.17) is 0 Å². The van der Waals surface area contributed by atoms with Gasteiger partial charge in [0.15, 0.2) is 0 Å². The van der Waals surface area contributed by atoms with Crippen LogP contribution < -0.4 is 5.32 Å². The molecular weight excluding hydrogens is 262 g/mol. The molecule has 1 amide bonds. The minimum absolute atomic E-state index is 0.0639. The lowest BCUT2D eigenvalue weighted by Crippen LogP contribution is -2.21. The van der Waals surface area contributed by atoms with Crippen LogP contribution in [0, 0.1) is 0 Å². The Morgan fingerprint density at radius 2 is 1.84 bits per heavy atom. The zero-order valence-corrected chi connectivity index (χ0v) is 12.8. The summed E-state index contributed by atoms with van der Waals surface area (Å²) < 4.78 is 4.68. The van der Waals surface area contributed by atoms with E-state index in [0.717, 1.165) is 24.6 Å². The molecular formula is C14H25NO3S. The highest BCUT2D eigenvalue weighted by atomic mass is 32.2. The standard InChI is InChI=1S/C14H25NO3S/c1-3-4-5-6-7-8-10-15-13(16)9-11-19-14(17)12-18-2/h9,11H,3-8,10,12H2,1-2H3,(H,15,16)/b11-9-. The van der Waals surface area contributed by atoms with Crippen molar-refractivity contribution < 1.29 is 14.3 Å². The van der Waals surface area contributed by atoms with Crippen LogP contribution >= 0.6 is 11.8 Å². The third kappa shape index (κ3) is 13.4. The second-order valence-corrected chi connectivity index (χ2v) is 5.25. The normalized spacial score (nSPS) is 10.8. The first-order valence-corrected chi connectivity index (χ1v) is 7.71. The van der Waals surface area contributed by atoms with E-state index in [2.05, 4.69) is 17.0 Å². The maximum absolute atomic E-state index is 11.4. The summed E-state index contributed by atoms with van der Waals surface area (Å²) in [5, 5.41) is 4.19. The molecule has 0 radical (unpaired) electrons. The molecule has 0 saturated heterocycles. The molecule has 0 heterocycles. The molecule has 4 nitrogen and oxygen atoms in total. The lowest BCUT2D eigenvalue weighted by atomic mass is 10.1. The molecule has 110 valence electrons. The molecule has 5 heteroatoms. The number of methoxy groups -OCH3 is 1. The van der Waals surface area contributed by atoms with Gasteiger partial charge in [-0.15, -0.1) is 0 Å². The van der Waals surface area contributed by atoms with Crippen molar-refractivity contribution in [1.82, 2.24) is 5.32 Å². The van der Waals surface area contributed by atoms with Gasteiger partial charge in [0, 0.05) is 19.7 Å². The second-order valence-electron chi connectivity index (χ2n) is 4.28. The van der Waals surface area contributed by atoms with Crippen molar-refractivity contribution >= 4 is 22.8 Å². The average Bonchev–Trinajstić information content (AvgIpc) is 2.38. The van der Waals surface area contributed by atoms with Crippen LogP contribution in [0.3, 0.4) is 0 Å². The second kappa shape index (κ2) is 13.6. The van der Waals surface area contributed by atoms with Crippen LogP contribution in [0.1, 0.15) is 45.4 Å². The largest absolute Gasteiger partial charge is 0.376 e. The molecule has 0 atom stereocenters. The SMILES string of the molecule is CCCCCCCCNC(=O)/C=C\SC(=O)COC. The van der Waals surface area contributed by atoms with E-state index in [1.165, 1.54) is 44.3 Å². The molecule has 0 aromatic rings. The Morgan fingerprint density at radius 3 is 2.53 bits per heavy atom. The van der Waals surface area contributed by atoms with Crippen molar-refractivity contribution in [1.29, 1.82) is 0 Å². The van der Waals surface area contributed by atoms with Gasteiger partial charge >= 0.3 is 0 Å². The van der Waals surface area contributed by atoms with E-state index in [9.17, 15) is 9.59 Å². The zero-order chi connectivity index (χ0) is 14.3. The van der Waals surface area contributed by atoms with Crippen LogP contribution in [0.4, 0.5) is 0 Å². The van der Waals surface area contributed by atoms with Crippen molar-refractivity contribution in [2.45, 2.75) is 45.4 Å². The van der Waals surface area contributed by atoms with Gasteiger partial charge in [0.25, 0.3) is 0 Å². The third-order valence-electron chi connectivity index (χ3n) is 2.51. The molecule has 0 rings (SSSR count). The molecule has 0 aromatic carbocycles. The third-order valence-corrected chi connectivity index (χ3v) is 3.16. The van der Waals surface area contributed by atoms with Gasteiger partial charge in [-0.05, 0) is 11.8 Å². The molecule has 0 unspecified atom stereocenters. The maximum Gasteiger partial charge on any atom is 0.244 e. The molecule has 0 aliphatic rings. The lowest BCUT2D eigenvalue weighted by Gasteiger charge is -2.02. The Kier molecular flexibility index (Phi) is 13.0.